The number of urea groups is 1. The van der Waals surface area contributed by atoms with Gasteiger partial charge in [-0.3, -0.25) is 4.90 Å². The summed E-state index contributed by atoms with van der Waals surface area (Å²) in [5, 5.41) is 3.31. The molecule has 0 aromatic heterocycles. The summed E-state index contributed by atoms with van der Waals surface area (Å²) < 4.78 is 0. The van der Waals surface area contributed by atoms with Crippen LogP contribution in [0, 0.1) is 6.92 Å². The molecule has 1 aliphatic carbocycles. The van der Waals surface area contributed by atoms with Crippen molar-refractivity contribution in [3.8, 4) is 0 Å². The molecule has 2 aliphatic rings. The fourth-order valence-electron chi connectivity index (χ4n) is 4.57. The lowest BCUT2D eigenvalue weighted by atomic mass is 9.96. The number of amides is 2. The number of benzene rings is 1. The van der Waals surface area contributed by atoms with Crippen LogP contribution in [-0.2, 0) is 6.54 Å². The summed E-state index contributed by atoms with van der Waals surface area (Å²) in [5.41, 5.74) is 2.72. The van der Waals surface area contributed by atoms with E-state index in [0.717, 1.165) is 32.5 Å². The van der Waals surface area contributed by atoms with Gasteiger partial charge in [0.1, 0.15) is 0 Å². The third-order valence-corrected chi connectivity index (χ3v) is 6.35. The average molecular weight is 372 g/mol. The van der Waals surface area contributed by atoms with Crippen molar-refractivity contribution >= 4 is 6.03 Å². The van der Waals surface area contributed by atoms with Crippen molar-refractivity contribution in [3.05, 3.63) is 35.4 Å². The quantitative estimate of drug-likeness (QED) is 0.832. The second-order valence-corrected chi connectivity index (χ2v) is 8.60. The van der Waals surface area contributed by atoms with E-state index in [4.69, 9.17) is 0 Å². The first-order valence-corrected chi connectivity index (χ1v) is 10.9. The number of rotatable bonds is 4. The van der Waals surface area contributed by atoms with Crippen molar-refractivity contribution in [2.75, 3.05) is 20.1 Å². The highest BCUT2D eigenvalue weighted by molar-refractivity contribution is 5.74. The molecule has 4 nitrogen and oxygen atoms in total. The molecule has 3 rings (SSSR count). The van der Waals surface area contributed by atoms with Gasteiger partial charge in [0.25, 0.3) is 0 Å². The fraction of sp³-hybridized carbons (Fsp3) is 0.696. The van der Waals surface area contributed by atoms with Gasteiger partial charge in [-0.15, -0.1) is 0 Å². The summed E-state index contributed by atoms with van der Waals surface area (Å²) in [4.78, 5) is 17.2. The molecule has 0 atom stereocenters. The Bertz CT molecular complexity index is 587. The number of carbonyl (C=O) groups is 1. The standard InChI is InChI=1S/C23H37N3O/c1-19-9-8-10-20(17-19)18-26-15-13-21(14-16-26)24-23(27)25(2)22-11-6-4-3-5-7-12-22/h8-10,17,21-22H,3-7,11-16,18H2,1-2H3,(H,24,27). The van der Waals surface area contributed by atoms with E-state index in [9.17, 15) is 4.79 Å². The number of hydrogen-bond acceptors (Lipinski definition) is 2. The number of nitrogens with one attached hydrogen (secondary N) is 1. The molecule has 0 radical (unpaired) electrons. The van der Waals surface area contributed by atoms with Gasteiger partial charge in [-0.25, -0.2) is 4.79 Å². The van der Waals surface area contributed by atoms with Crippen LogP contribution in [0.3, 0.4) is 0 Å². The van der Waals surface area contributed by atoms with Gasteiger partial charge in [-0.1, -0.05) is 61.9 Å². The summed E-state index contributed by atoms with van der Waals surface area (Å²) in [6, 6.07) is 9.66. The van der Waals surface area contributed by atoms with Gasteiger partial charge in [0.15, 0.2) is 0 Å². The lowest BCUT2D eigenvalue weighted by molar-refractivity contribution is 0.158. The van der Waals surface area contributed by atoms with Crippen molar-refractivity contribution < 1.29 is 4.79 Å². The van der Waals surface area contributed by atoms with E-state index in [0.29, 0.717) is 12.1 Å². The summed E-state index contributed by atoms with van der Waals surface area (Å²) >= 11 is 0. The van der Waals surface area contributed by atoms with Crippen LogP contribution in [0.2, 0.25) is 0 Å². The maximum Gasteiger partial charge on any atom is 0.317 e. The number of nitrogens with zero attached hydrogens (tertiary/aromatic N) is 2. The van der Waals surface area contributed by atoms with Crippen LogP contribution >= 0.6 is 0 Å². The molecule has 1 heterocycles. The number of aryl methyl sites for hydroxylation is 1. The van der Waals surface area contributed by atoms with E-state index < -0.39 is 0 Å². The molecule has 1 saturated carbocycles. The molecule has 1 aromatic rings. The van der Waals surface area contributed by atoms with Crippen LogP contribution in [0.15, 0.2) is 24.3 Å². The van der Waals surface area contributed by atoms with E-state index in [1.165, 1.54) is 56.1 Å². The van der Waals surface area contributed by atoms with E-state index in [2.05, 4.69) is 41.4 Å². The zero-order valence-electron chi connectivity index (χ0n) is 17.3. The smallest absolute Gasteiger partial charge is 0.317 e. The van der Waals surface area contributed by atoms with E-state index >= 15 is 0 Å². The molecule has 0 unspecified atom stereocenters. The van der Waals surface area contributed by atoms with Gasteiger partial charge in [-0.05, 0) is 38.2 Å². The fourth-order valence-corrected chi connectivity index (χ4v) is 4.57. The van der Waals surface area contributed by atoms with Gasteiger partial charge >= 0.3 is 6.03 Å². The predicted octanol–water partition coefficient (Wildman–Crippen LogP) is 4.71. The minimum absolute atomic E-state index is 0.137. The third kappa shape index (κ3) is 6.24. The number of likely N-dealkylation sites (tertiary alicyclic amines) is 1. The highest BCUT2D eigenvalue weighted by atomic mass is 16.2. The minimum atomic E-state index is 0.137. The molecule has 1 aromatic carbocycles. The zero-order chi connectivity index (χ0) is 19.1. The van der Waals surface area contributed by atoms with Crippen LogP contribution in [0.5, 0.6) is 0 Å². The maximum atomic E-state index is 12.7. The summed E-state index contributed by atoms with van der Waals surface area (Å²) in [7, 11) is 1.99. The normalized spacial score (nSPS) is 20.7. The topological polar surface area (TPSA) is 35.6 Å². The van der Waals surface area contributed by atoms with Crippen molar-refractivity contribution in [1.82, 2.24) is 15.1 Å². The van der Waals surface area contributed by atoms with Gasteiger partial charge in [-0.2, -0.15) is 0 Å². The van der Waals surface area contributed by atoms with Gasteiger partial charge < -0.3 is 10.2 Å². The predicted molar refractivity (Wildman–Crippen MR) is 112 cm³/mol. The van der Waals surface area contributed by atoms with Gasteiger partial charge in [0, 0.05) is 38.8 Å². The van der Waals surface area contributed by atoms with Crippen molar-refractivity contribution in [1.29, 1.82) is 0 Å². The van der Waals surface area contributed by atoms with E-state index in [1.807, 2.05) is 11.9 Å². The Morgan fingerprint density at radius 1 is 1.07 bits per heavy atom. The van der Waals surface area contributed by atoms with Crippen molar-refractivity contribution in [2.24, 2.45) is 0 Å². The van der Waals surface area contributed by atoms with Crippen molar-refractivity contribution in [2.45, 2.75) is 83.3 Å². The first kappa shape index (κ1) is 20.2. The second kappa shape index (κ2) is 10.1. The number of hydrogen-bond donors (Lipinski definition) is 1. The molecule has 2 fully saturated rings. The minimum Gasteiger partial charge on any atom is -0.335 e. The van der Waals surface area contributed by atoms with Crippen LogP contribution in [0.1, 0.15) is 68.9 Å². The Labute approximate surface area is 165 Å². The second-order valence-electron chi connectivity index (χ2n) is 8.60. The first-order chi connectivity index (χ1) is 13.1. The Hall–Kier alpha value is -1.55. The molecule has 2 amide bonds. The summed E-state index contributed by atoms with van der Waals surface area (Å²) in [5.74, 6) is 0. The largest absolute Gasteiger partial charge is 0.335 e. The van der Waals surface area contributed by atoms with Crippen molar-refractivity contribution in [3.63, 3.8) is 0 Å². The third-order valence-electron chi connectivity index (χ3n) is 6.35. The van der Waals surface area contributed by atoms with Crippen LogP contribution in [0.25, 0.3) is 0 Å². The van der Waals surface area contributed by atoms with Gasteiger partial charge in [0.2, 0.25) is 0 Å². The molecule has 150 valence electrons. The molecule has 1 aliphatic heterocycles. The Morgan fingerprint density at radius 3 is 2.41 bits per heavy atom. The van der Waals surface area contributed by atoms with Crippen LogP contribution < -0.4 is 5.32 Å². The zero-order valence-corrected chi connectivity index (χ0v) is 17.3. The highest BCUT2D eigenvalue weighted by Crippen LogP contribution is 2.21. The van der Waals surface area contributed by atoms with Crippen LogP contribution in [0.4, 0.5) is 4.79 Å². The van der Waals surface area contributed by atoms with E-state index in [-0.39, 0.29) is 6.03 Å². The van der Waals surface area contributed by atoms with Crippen LogP contribution in [-0.4, -0.2) is 48.1 Å². The number of piperidine rings is 1. The monoisotopic (exact) mass is 371 g/mol. The number of carbonyl (C=O) groups excluding carboxylic acids is 1. The lowest BCUT2D eigenvalue weighted by Gasteiger charge is -2.35. The van der Waals surface area contributed by atoms with Gasteiger partial charge in [0.05, 0.1) is 0 Å². The molecule has 0 bridgehead atoms. The molecule has 27 heavy (non-hydrogen) atoms. The maximum absolute atomic E-state index is 12.7. The summed E-state index contributed by atoms with van der Waals surface area (Å²) in [6.07, 6.45) is 11.0. The average Bonchev–Trinajstić information content (AvgIpc) is 2.63. The molecule has 1 saturated heterocycles. The molecular weight excluding hydrogens is 334 g/mol. The molecular formula is C23H37N3O. The first-order valence-electron chi connectivity index (χ1n) is 10.9. The molecule has 0 spiro atoms. The molecule has 4 heteroatoms. The lowest BCUT2D eigenvalue weighted by Crippen LogP contribution is -2.50. The Kier molecular flexibility index (Phi) is 7.57. The summed E-state index contributed by atoms with van der Waals surface area (Å²) in [6.45, 7) is 5.29. The SMILES string of the molecule is Cc1cccc(CN2CCC(NC(=O)N(C)C3CCCCCCC3)CC2)c1. The van der Waals surface area contributed by atoms with E-state index in [1.54, 1.807) is 0 Å². The molecule has 1 N–H and O–H groups in total. The Balaban J connectivity index is 1.42. The Morgan fingerprint density at radius 2 is 1.74 bits per heavy atom. The highest BCUT2D eigenvalue weighted by Gasteiger charge is 2.25.